The summed E-state index contributed by atoms with van der Waals surface area (Å²) in [5, 5.41) is 16.0. The molecule has 1 atom stereocenters. The van der Waals surface area contributed by atoms with E-state index in [1.165, 1.54) is 4.90 Å². The van der Waals surface area contributed by atoms with Gasteiger partial charge in [-0.2, -0.15) is 10.1 Å². The second kappa shape index (κ2) is 6.42. The number of fused-ring (bicyclic) bond motifs is 1. The summed E-state index contributed by atoms with van der Waals surface area (Å²) in [6.45, 7) is 1.97. The molecule has 9 heteroatoms. The number of likely N-dealkylation sites (N-methyl/N-ethyl adjacent to an activating group) is 2. The van der Waals surface area contributed by atoms with Gasteiger partial charge in [-0.3, -0.25) is 15.1 Å². The predicted octanol–water partition coefficient (Wildman–Crippen LogP) is 0.920. The maximum absolute atomic E-state index is 12.4. The van der Waals surface area contributed by atoms with E-state index in [2.05, 4.69) is 20.2 Å². The Hall–Kier alpha value is -3.10. The largest absolute Gasteiger partial charge is 0.346 e. The molecule has 0 radical (unpaired) electrons. The van der Waals surface area contributed by atoms with Crippen molar-refractivity contribution in [3.63, 3.8) is 0 Å². The zero-order chi connectivity index (χ0) is 18.1. The summed E-state index contributed by atoms with van der Waals surface area (Å²) >= 11 is 0. The summed E-state index contributed by atoms with van der Waals surface area (Å²) in [5.74, 6) is 1.19. The SMILES string of the molecule is CCC1C(=O)N(C)c2cnc(N(C)C(=N)c3cccnn3)nc2N1C. The molecule has 2 aromatic rings. The van der Waals surface area contributed by atoms with E-state index in [0.717, 1.165) is 0 Å². The van der Waals surface area contributed by atoms with Crippen LogP contribution in [0.1, 0.15) is 19.0 Å². The van der Waals surface area contributed by atoms with Gasteiger partial charge >= 0.3 is 0 Å². The lowest BCUT2D eigenvalue weighted by Gasteiger charge is -2.38. The van der Waals surface area contributed by atoms with Crippen molar-refractivity contribution < 1.29 is 4.79 Å². The molecule has 3 heterocycles. The number of carbonyl (C=O) groups excluding carboxylic acids is 1. The molecule has 9 nitrogen and oxygen atoms in total. The lowest BCUT2D eigenvalue weighted by Crippen LogP contribution is -2.51. The van der Waals surface area contributed by atoms with E-state index < -0.39 is 0 Å². The molecule has 1 unspecified atom stereocenters. The van der Waals surface area contributed by atoms with E-state index in [1.807, 2.05) is 18.9 Å². The van der Waals surface area contributed by atoms with Crippen molar-refractivity contribution in [1.82, 2.24) is 20.2 Å². The van der Waals surface area contributed by atoms with Crippen LogP contribution in [0.2, 0.25) is 0 Å². The van der Waals surface area contributed by atoms with Crippen molar-refractivity contribution >= 4 is 29.2 Å². The molecule has 0 aliphatic carbocycles. The summed E-state index contributed by atoms with van der Waals surface area (Å²) < 4.78 is 0. The van der Waals surface area contributed by atoms with Crippen molar-refractivity contribution in [3.8, 4) is 0 Å². The smallest absolute Gasteiger partial charge is 0.249 e. The highest BCUT2D eigenvalue weighted by molar-refractivity contribution is 6.06. The highest BCUT2D eigenvalue weighted by Gasteiger charge is 2.35. The molecule has 1 amide bonds. The maximum atomic E-state index is 12.4. The normalized spacial score (nSPS) is 16.6. The van der Waals surface area contributed by atoms with Gasteiger partial charge in [0.2, 0.25) is 11.9 Å². The van der Waals surface area contributed by atoms with E-state index in [0.29, 0.717) is 29.6 Å². The quantitative estimate of drug-likeness (QED) is 0.654. The molecule has 0 bridgehead atoms. The van der Waals surface area contributed by atoms with Gasteiger partial charge in [-0.25, -0.2) is 4.98 Å². The molecule has 0 fully saturated rings. The fourth-order valence-corrected chi connectivity index (χ4v) is 2.82. The number of nitrogens with zero attached hydrogens (tertiary/aromatic N) is 7. The maximum Gasteiger partial charge on any atom is 0.249 e. The highest BCUT2D eigenvalue weighted by Crippen LogP contribution is 2.34. The molecule has 0 saturated heterocycles. The van der Waals surface area contributed by atoms with E-state index in [4.69, 9.17) is 5.41 Å². The van der Waals surface area contributed by atoms with Crippen LogP contribution in [-0.2, 0) is 4.79 Å². The molecule has 0 aromatic carbocycles. The van der Waals surface area contributed by atoms with Crippen LogP contribution in [0, 0.1) is 5.41 Å². The Morgan fingerprint density at radius 2 is 2.16 bits per heavy atom. The number of carbonyl (C=O) groups is 1. The number of rotatable bonds is 3. The van der Waals surface area contributed by atoms with Gasteiger partial charge in [0, 0.05) is 27.3 Å². The van der Waals surface area contributed by atoms with Crippen LogP contribution in [0.4, 0.5) is 17.5 Å². The summed E-state index contributed by atoms with van der Waals surface area (Å²) in [6, 6.07) is 3.17. The second-order valence-electron chi connectivity index (χ2n) is 5.83. The van der Waals surface area contributed by atoms with Gasteiger partial charge in [-0.15, -0.1) is 5.10 Å². The lowest BCUT2D eigenvalue weighted by molar-refractivity contribution is -0.119. The monoisotopic (exact) mass is 340 g/mol. The number of hydrogen-bond acceptors (Lipinski definition) is 7. The number of hydrogen-bond donors (Lipinski definition) is 1. The average Bonchev–Trinajstić information content (AvgIpc) is 2.66. The molecule has 0 saturated carbocycles. The predicted molar refractivity (Wildman–Crippen MR) is 95.2 cm³/mol. The van der Waals surface area contributed by atoms with E-state index in [-0.39, 0.29) is 17.8 Å². The summed E-state index contributed by atoms with van der Waals surface area (Å²) in [5.41, 5.74) is 1.08. The number of anilines is 3. The van der Waals surface area contributed by atoms with Crippen molar-refractivity contribution in [1.29, 1.82) is 5.41 Å². The Morgan fingerprint density at radius 1 is 1.40 bits per heavy atom. The first-order valence-corrected chi connectivity index (χ1v) is 7.93. The van der Waals surface area contributed by atoms with Crippen LogP contribution in [0.5, 0.6) is 0 Å². The molecule has 25 heavy (non-hydrogen) atoms. The van der Waals surface area contributed by atoms with Gasteiger partial charge < -0.3 is 9.80 Å². The van der Waals surface area contributed by atoms with Gasteiger partial charge in [-0.05, 0) is 18.6 Å². The first-order chi connectivity index (χ1) is 12.0. The molecule has 2 aromatic heterocycles. The fraction of sp³-hybridized carbons (Fsp3) is 0.375. The highest BCUT2D eigenvalue weighted by atomic mass is 16.2. The average molecular weight is 340 g/mol. The molecule has 1 aliphatic rings. The molecular weight excluding hydrogens is 320 g/mol. The Labute approximate surface area is 145 Å². The van der Waals surface area contributed by atoms with Crippen LogP contribution >= 0.6 is 0 Å². The van der Waals surface area contributed by atoms with Gasteiger partial charge in [0.1, 0.15) is 17.4 Å². The van der Waals surface area contributed by atoms with Crippen molar-refractivity contribution in [2.45, 2.75) is 19.4 Å². The van der Waals surface area contributed by atoms with Crippen molar-refractivity contribution in [2.75, 3.05) is 35.8 Å². The third-order valence-corrected chi connectivity index (χ3v) is 4.35. The Balaban J connectivity index is 1.97. The zero-order valence-corrected chi connectivity index (χ0v) is 14.6. The van der Waals surface area contributed by atoms with Gasteiger partial charge in [0.05, 0.1) is 6.20 Å². The molecule has 130 valence electrons. The van der Waals surface area contributed by atoms with Crippen LogP contribution in [0.15, 0.2) is 24.5 Å². The third kappa shape index (κ3) is 2.77. The van der Waals surface area contributed by atoms with Gasteiger partial charge in [-0.1, -0.05) is 6.92 Å². The van der Waals surface area contributed by atoms with Crippen LogP contribution in [0.25, 0.3) is 0 Å². The van der Waals surface area contributed by atoms with Crippen molar-refractivity contribution in [2.24, 2.45) is 0 Å². The minimum absolute atomic E-state index is 0.0227. The molecule has 3 rings (SSSR count). The molecule has 1 aliphatic heterocycles. The third-order valence-electron chi connectivity index (χ3n) is 4.35. The Bertz CT molecular complexity index is 809. The van der Waals surface area contributed by atoms with Gasteiger partial charge in [0.15, 0.2) is 11.7 Å². The van der Waals surface area contributed by atoms with Crippen molar-refractivity contribution in [3.05, 3.63) is 30.2 Å². The second-order valence-corrected chi connectivity index (χ2v) is 5.83. The van der Waals surface area contributed by atoms with E-state index in [1.54, 1.807) is 43.5 Å². The molecular formula is C16H20N8O. The van der Waals surface area contributed by atoms with Gasteiger partial charge in [0.25, 0.3) is 0 Å². The Kier molecular flexibility index (Phi) is 4.30. The summed E-state index contributed by atoms with van der Waals surface area (Å²) in [4.78, 5) is 26.3. The van der Waals surface area contributed by atoms with Crippen LogP contribution < -0.4 is 14.7 Å². The minimum atomic E-state index is -0.259. The lowest BCUT2D eigenvalue weighted by atomic mass is 10.1. The standard InChI is InChI=1S/C16H20N8O/c1-5-11-15(25)23(3)12-9-18-16(20-14(12)22(11)2)24(4)13(17)10-7-6-8-19-21-10/h6-9,11,17H,5H2,1-4H3. The Morgan fingerprint density at radius 3 is 2.80 bits per heavy atom. The fourth-order valence-electron chi connectivity index (χ4n) is 2.82. The first-order valence-electron chi connectivity index (χ1n) is 7.93. The number of aromatic nitrogens is 4. The number of nitrogens with one attached hydrogen (secondary N) is 1. The number of amides is 1. The topological polar surface area (TPSA) is 102 Å². The first kappa shape index (κ1) is 16.7. The molecule has 1 N–H and O–H groups in total. The van der Waals surface area contributed by atoms with E-state index >= 15 is 0 Å². The summed E-state index contributed by atoms with van der Waals surface area (Å²) in [6.07, 6.45) is 3.85. The van der Waals surface area contributed by atoms with Crippen LogP contribution in [-0.4, -0.2) is 59.1 Å². The van der Waals surface area contributed by atoms with E-state index in [9.17, 15) is 4.79 Å². The number of amidine groups is 1. The molecule has 0 spiro atoms. The minimum Gasteiger partial charge on any atom is -0.346 e. The van der Waals surface area contributed by atoms with Crippen LogP contribution in [0.3, 0.4) is 0 Å². The zero-order valence-electron chi connectivity index (χ0n) is 14.6. The summed E-state index contributed by atoms with van der Waals surface area (Å²) in [7, 11) is 5.28.